The van der Waals surface area contributed by atoms with Crippen LogP contribution in [0.1, 0.15) is 45.4 Å². The third kappa shape index (κ3) is 8.26. The Hall–Kier alpha value is -1.07. The second-order valence-corrected chi connectivity index (χ2v) is 9.50. The predicted octanol–water partition coefficient (Wildman–Crippen LogP) is 6.55. The highest BCUT2D eigenvalue weighted by Gasteiger charge is 2.75. The molecule has 0 fully saturated rings. The maximum Gasteiger partial charge on any atom is 0.431 e. The fourth-order valence-electron chi connectivity index (χ4n) is 2.89. The molecule has 0 amide bonds. The normalized spacial score (nSPS) is 15.3. The van der Waals surface area contributed by atoms with E-state index >= 15 is 0 Å². The molecule has 0 bridgehead atoms. The molecule has 0 heterocycles. The lowest BCUT2D eigenvalue weighted by Gasteiger charge is -2.37. The number of sulfonamides is 1. The number of alkyl halides is 14. The van der Waals surface area contributed by atoms with Gasteiger partial charge < -0.3 is 0 Å². The Morgan fingerprint density at radius 3 is 1.29 bits per heavy atom. The van der Waals surface area contributed by atoms with Gasteiger partial charge in [-0.3, -0.25) is 0 Å². The van der Waals surface area contributed by atoms with Gasteiger partial charge in [-0.25, -0.2) is 21.9 Å². The third-order valence-corrected chi connectivity index (χ3v) is 6.29. The van der Waals surface area contributed by atoms with Crippen molar-refractivity contribution in [1.82, 2.24) is 4.72 Å². The van der Waals surface area contributed by atoms with Crippen molar-refractivity contribution in [2.24, 2.45) is 5.92 Å². The summed E-state index contributed by atoms with van der Waals surface area (Å²) in [5, 5.41) is 0. The van der Waals surface area contributed by atoms with Crippen LogP contribution in [0.4, 0.5) is 61.5 Å². The van der Waals surface area contributed by atoms with Gasteiger partial charge in [0.2, 0.25) is 10.0 Å². The Morgan fingerprint density at radius 1 is 0.647 bits per heavy atom. The number of halogens is 14. The molecule has 206 valence electrons. The lowest BCUT2D eigenvalue weighted by atomic mass is 9.80. The molecular weight excluding hydrogens is 536 g/mol. The zero-order chi connectivity index (χ0) is 27.4. The van der Waals surface area contributed by atoms with Crippen LogP contribution in [0.5, 0.6) is 0 Å². The van der Waals surface area contributed by atoms with Crippen molar-refractivity contribution in [3.05, 3.63) is 0 Å². The SMILES string of the molecule is CCCCNS(=O)(=O)CCCC(CC(F)(C(F)(F)F)C(F)(F)F)CC(F)(C(F)(F)F)C(F)(F)F. The van der Waals surface area contributed by atoms with Gasteiger partial charge in [-0.2, -0.15) is 52.7 Å². The van der Waals surface area contributed by atoms with Gasteiger partial charge >= 0.3 is 24.7 Å². The Kier molecular flexibility index (Phi) is 10.6. The molecule has 0 unspecified atom stereocenters. The van der Waals surface area contributed by atoms with Crippen molar-refractivity contribution in [2.45, 2.75) is 81.5 Å². The van der Waals surface area contributed by atoms with Gasteiger partial charge in [-0.05, 0) is 25.2 Å². The molecule has 18 heteroatoms. The summed E-state index contributed by atoms with van der Waals surface area (Å²) in [7, 11) is -4.28. The van der Waals surface area contributed by atoms with Crippen molar-refractivity contribution in [1.29, 1.82) is 0 Å². The second kappa shape index (κ2) is 10.9. The average Bonchev–Trinajstić information content (AvgIpc) is 2.57. The standard InChI is InChI=1S/C16H21F14NO2S/c1-2-3-6-31-34(32,33)7-4-5-10(8-11(17,13(19,20)21)14(22,23)24)9-12(18,15(25,26)27)16(28,29)30/h10,31H,2-9H2,1H3. The van der Waals surface area contributed by atoms with Crippen molar-refractivity contribution >= 4 is 10.0 Å². The van der Waals surface area contributed by atoms with Gasteiger partial charge in [0.1, 0.15) is 0 Å². The molecule has 0 saturated carbocycles. The first-order valence-corrected chi connectivity index (χ1v) is 11.1. The second-order valence-electron chi connectivity index (χ2n) is 7.58. The lowest BCUT2D eigenvalue weighted by Crippen LogP contribution is -2.57. The number of rotatable bonds is 12. The molecule has 0 aliphatic heterocycles. The quantitative estimate of drug-likeness (QED) is 0.219. The summed E-state index contributed by atoms with van der Waals surface area (Å²) >= 11 is 0. The van der Waals surface area contributed by atoms with Crippen LogP contribution in [0.25, 0.3) is 0 Å². The lowest BCUT2D eigenvalue weighted by molar-refractivity contribution is -0.356. The Labute approximate surface area is 185 Å². The molecule has 1 N–H and O–H groups in total. The summed E-state index contributed by atoms with van der Waals surface area (Å²) in [6, 6.07) is 0. The molecule has 3 nitrogen and oxygen atoms in total. The van der Waals surface area contributed by atoms with E-state index in [-0.39, 0.29) is 6.54 Å². The molecule has 0 saturated heterocycles. The molecule has 0 aromatic heterocycles. The maximum absolute atomic E-state index is 14.0. The number of hydrogen-bond acceptors (Lipinski definition) is 2. The highest BCUT2D eigenvalue weighted by atomic mass is 32.2. The van der Waals surface area contributed by atoms with Crippen LogP contribution in [0, 0.1) is 5.92 Å². The van der Waals surface area contributed by atoms with Crippen LogP contribution in [0.15, 0.2) is 0 Å². The predicted molar refractivity (Wildman–Crippen MR) is 90.6 cm³/mol. The molecule has 0 rings (SSSR count). The summed E-state index contributed by atoms with van der Waals surface area (Å²) in [4.78, 5) is 0. The Balaban J connectivity index is 6.09. The van der Waals surface area contributed by atoms with Gasteiger partial charge in [0, 0.05) is 19.4 Å². The topological polar surface area (TPSA) is 46.2 Å². The summed E-state index contributed by atoms with van der Waals surface area (Å²) in [5.41, 5.74) is -12.6. The highest BCUT2D eigenvalue weighted by molar-refractivity contribution is 7.89. The summed E-state index contributed by atoms with van der Waals surface area (Å²) in [5.74, 6) is -4.30. The van der Waals surface area contributed by atoms with Gasteiger partial charge in [0.25, 0.3) is 11.3 Å². The fraction of sp³-hybridized carbons (Fsp3) is 1.00. The van der Waals surface area contributed by atoms with Crippen molar-refractivity contribution < 1.29 is 69.9 Å². The molecule has 0 atom stereocenters. The van der Waals surface area contributed by atoms with Crippen molar-refractivity contribution in [2.75, 3.05) is 12.3 Å². The maximum atomic E-state index is 14.0. The molecular formula is C16H21F14NO2S. The Morgan fingerprint density at radius 2 is 1.00 bits per heavy atom. The van der Waals surface area contributed by atoms with E-state index in [0.717, 1.165) is 0 Å². The smallest absolute Gasteiger partial charge is 0.224 e. The molecule has 0 aromatic carbocycles. The number of unbranched alkanes of at least 4 members (excludes halogenated alkanes) is 1. The van der Waals surface area contributed by atoms with E-state index in [1.165, 1.54) is 0 Å². The zero-order valence-electron chi connectivity index (χ0n) is 17.3. The van der Waals surface area contributed by atoms with E-state index in [1.807, 2.05) is 4.72 Å². The minimum absolute atomic E-state index is 0.159. The zero-order valence-corrected chi connectivity index (χ0v) is 18.1. The fourth-order valence-corrected chi connectivity index (χ4v) is 4.04. The van der Waals surface area contributed by atoms with E-state index in [2.05, 4.69) is 0 Å². The van der Waals surface area contributed by atoms with Crippen LogP contribution in [0.2, 0.25) is 0 Å². The average molecular weight is 557 g/mol. The highest BCUT2D eigenvalue weighted by Crippen LogP contribution is 2.54. The van der Waals surface area contributed by atoms with Crippen LogP contribution in [-0.4, -0.2) is 56.8 Å². The molecule has 0 spiro atoms. The molecule has 34 heavy (non-hydrogen) atoms. The van der Waals surface area contributed by atoms with E-state index in [9.17, 15) is 69.9 Å². The van der Waals surface area contributed by atoms with Crippen LogP contribution in [0.3, 0.4) is 0 Å². The molecule has 0 aromatic rings. The summed E-state index contributed by atoms with van der Waals surface area (Å²) in [6.45, 7) is 1.49. The number of hydrogen-bond donors (Lipinski definition) is 1. The third-order valence-electron chi connectivity index (χ3n) is 4.81. The van der Waals surface area contributed by atoms with Crippen LogP contribution < -0.4 is 4.72 Å². The molecule has 0 aliphatic rings. The van der Waals surface area contributed by atoms with Gasteiger partial charge in [0.05, 0.1) is 5.75 Å². The largest absolute Gasteiger partial charge is 0.431 e. The van der Waals surface area contributed by atoms with Crippen molar-refractivity contribution in [3.8, 4) is 0 Å². The van der Waals surface area contributed by atoms with Crippen LogP contribution in [-0.2, 0) is 10.0 Å². The Bertz CT molecular complexity index is 671. The first kappa shape index (κ1) is 32.9. The number of nitrogens with one attached hydrogen (secondary N) is 1. The first-order valence-electron chi connectivity index (χ1n) is 9.46. The van der Waals surface area contributed by atoms with Gasteiger partial charge in [0.15, 0.2) is 0 Å². The molecule has 0 aliphatic carbocycles. The minimum Gasteiger partial charge on any atom is -0.224 e. The minimum atomic E-state index is -6.83. The first-order chi connectivity index (χ1) is 14.8. The summed E-state index contributed by atoms with van der Waals surface area (Å²) in [6.07, 6.45) is -35.2. The van der Waals surface area contributed by atoms with Gasteiger partial charge in [-0.15, -0.1) is 0 Å². The van der Waals surface area contributed by atoms with E-state index in [4.69, 9.17) is 0 Å². The van der Waals surface area contributed by atoms with Crippen LogP contribution >= 0.6 is 0 Å². The monoisotopic (exact) mass is 557 g/mol. The van der Waals surface area contributed by atoms with E-state index in [0.29, 0.717) is 12.8 Å². The van der Waals surface area contributed by atoms with Gasteiger partial charge in [-0.1, -0.05) is 13.3 Å². The van der Waals surface area contributed by atoms with E-state index in [1.54, 1.807) is 6.92 Å². The molecule has 0 radical (unpaired) electrons. The summed E-state index contributed by atoms with van der Waals surface area (Å²) < 4.78 is 207. The van der Waals surface area contributed by atoms with E-state index < -0.39 is 83.4 Å². The van der Waals surface area contributed by atoms with Crippen molar-refractivity contribution in [3.63, 3.8) is 0 Å².